The number of nitrogens with zero attached hydrogens (tertiary/aromatic N) is 1. The van der Waals surface area contributed by atoms with Crippen LogP contribution in [0.25, 0.3) is 6.08 Å². The van der Waals surface area contributed by atoms with E-state index < -0.39 is 0 Å². The van der Waals surface area contributed by atoms with Crippen LogP contribution in [0, 0.1) is 0 Å². The number of thioether (sulfide) groups is 1. The Bertz CT molecular complexity index is 967. The number of para-hydroxylation sites is 1. The van der Waals surface area contributed by atoms with Gasteiger partial charge in [-0.25, -0.2) is 0 Å². The lowest BCUT2D eigenvalue weighted by Gasteiger charge is -2.14. The number of hydrogen-bond donors (Lipinski definition) is 1. The van der Waals surface area contributed by atoms with Crippen molar-refractivity contribution in [2.45, 2.75) is 39.5 Å². The maximum absolute atomic E-state index is 12.7. The summed E-state index contributed by atoms with van der Waals surface area (Å²) >= 11 is 6.72. The molecule has 0 bridgehead atoms. The first-order valence-electron chi connectivity index (χ1n) is 10.2. The number of thiocarbonyl (C=S) groups is 1. The van der Waals surface area contributed by atoms with Crippen molar-refractivity contribution in [3.63, 3.8) is 0 Å². The van der Waals surface area contributed by atoms with Gasteiger partial charge < -0.3 is 5.32 Å². The summed E-state index contributed by atoms with van der Waals surface area (Å²) in [7, 11) is 0. The number of carbonyl (C=O) groups is 2. The molecule has 0 atom stereocenters. The lowest BCUT2D eigenvalue weighted by atomic mass is 10.1. The molecule has 0 aromatic heterocycles. The summed E-state index contributed by atoms with van der Waals surface area (Å²) in [4.78, 5) is 27.3. The molecule has 4 nitrogen and oxygen atoms in total. The van der Waals surface area contributed by atoms with Gasteiger partial charge in [0.25, 0.3) is 5.91 Å². The van der Waals surface area contributed by atoms with Gasteiger partial charge in [-0.3, -0.25) is 14.5 Å². The number of hydrogen-bond acceptors (Lipinski definition) is 4. The topological polar surface area (TPSA) is 49.4 Å². The molecular formula is C24H26N2O2S2. The summed E-state index contributed by atoms with van der Waals surface area (Å²) in [6.45, 7) is 4.62. The fourth-order valence-corrected chi connectivity index (χ4v) is 4.56. The molecule has 3 rings (SSSR count). The molecule has 1 aliphatic rings. The molecule has 2 aromatic carbocycles. The van der Waals surface area contributed by atoms with E-state index in [1.54, 1.807) is 4.90 Å². The molecule has 0 radical (unpaired) electrons. The number of benzene rings is 2. The summed E-state index contributed by atoms with van der Waals surface area (Å²) < 4.78 is 0.549. The van der Waals surface area contributed by atoms with Crippen LogP contribution in [-0.2, 0) is 22.4 Å². The predicted molar refractivity (Wildman–Crippen MR) is 129 cm³/mol. The van der Waals surface area contributed by atoms with E-state index in [1.807, 2.05) is 42.5 Å². The number of rotatable bonds is 8. The molecule has 1 N–H and O–H groups in total. The monoisotopic (exact) mass is 438 g/mol. The zero-order chi connectivity index (χ0) is 21.5. The molecule has 1 fully saturated rings. The molecule has 1 aliphatic heterocycles. The van der Waals surface area contributed by atoms with Gasteiger partial charge in [0.1, 0.15) is 4.32 Å². The Morgan fingerprint density at radius 1 is 1.10 bits per heavy atom. The average Bonchev–Trinajstić information content (AvgIpc) is 3.02. The van der Waals surface area contributed by atoms with Crippen LogP contribution >= 0.6 is 24.0 Å². The molecule has 2 aromatic rings. The molecule has 1 saturated heterocycles. The molecule has 2 amide bonds. The molecule has 0 aliphatic carbocycles. The van der Waals surface area contributed by atoms with Crippen molar-refractivity contribution >= 4 is 51.9 Å². The lowest BCUT2D eigenvalue weighted by Crippen LogP contribution is -2.29. The van der Waals surface area contributed by atoms with Gasteiger partial charge >= 0.3 is 0 Å². The molecule has 6 heteroatoms. The van der Waals surface area contributed by atoms with E-state index >= 15 is 0 Å². The predicted octanol–water partition coefficient (Wildman–Crippen LogP) is 5.43. The zero-order valence-electron chi connectivity index (χ0n) is 17.3. The Balaban J connectivity index is 1.54. The van der Waals surface area contributed by atoms with Crippen molar-refractivity contribution in [1.29, 1.82) is 0 Å². The summed E-state index contributed by atoms with van der Waals surface area (Å²) in [6, 6.07) is 16.0. The second-order valence-corrected chi connectivity index (χ2v) is 8.77. The van der Waals surface area contributed by atoms with E-state index in [1.165, 1.54) is 17.3 Å². The molecule has 30 heavy (non-hydrogen) atoms. The Hall–Kier alpha value is -2.44. The van der Waals surface area contributed by atoms with Gasteiger partial charge in [-0.05, 0) is 48.1 Å². The molecule has 156 valence electrons. The first-order valence-corrected chi connectivity index (χ1v) is 11.5. The van der Waals surface area contributed by atoms with Crippen molar-refractivity contribution in [1.82, 2.24) is 4.90 Å². The van der Waals surface area contributed by atoms with E-state index in [2.05, 4.69) is 31.3 Å². The first-order chi connectivity index (χ1) is 14.5. The summed E-state index contributed by atoms with van der Waals surface area (Å²) in [5.41, 5.74) is 4.22. The number of aryl methyl sites for hydroxylation is 2. The summed E-state index contributed by atoms with van der Waals surface area (Å²) in [5.74, 6) is -0.130. The highest BCUT2D eigenvalue weighted by Crippen LogP contribution is 2.32. The van der Waals surface area contributed by atoms with Crippen molar-refractivity contribution in [3.8, 4) is 0 Å². The maximum Gasteiger partial charge on any atom is 0.266 e. The highest BCUT2D eigenvalue weighted by atomic mass is 32.2. The Morgan fingerprint density at radius 3 is 2.53 bits per heavy atom. The van der Waals surface area contributed by atoms with Crippen molar-refractivity contribution in [2.24, 2.45) is 0 Å². The molecular weight excluding hydrogens is 412 g/mol. The third-order valence-corrected chi connectivity index (χ3v) is 6.40. The van der Waals surface area contributed by atoms with Gasteiger partial charge in [0, 0.05) is 18.7 Å². The second-order valence-electron chi connectivity index (χ2n) is 7.09. The van der Waals surface area contributed by atoms with E-state index in [-0.39, 0.29) is 11.8 Å². The normalized spacial score (nSPS) is 15.1. The summed E-state index contributed by atoms with van der Waals surface area (Å²) in [6.07, 6.45) is 4.63. The Kier molecular flexibility index (Phi) is 7.82. The van der Waals surface area contributed by atoms with Gasteiger partial charge in [-0.15, -0.1) is 0 Å². The first kappa shape index (κ1) is 22.2. The lowest BCUT2D eigenvalue weighted by molar-refractivity contribution is -0.122. The number of amides is 2. The third kappa shape index (κ3) is 5.58. The smallest absolute Gasteiger partial charge is 0.266 e. The van der Waals surface area contributed by atoms with Gasteiger partial charge in [-0.1, -0.05) is 80.3 Å². The van der Waals surface area contributed by atoms with E-state index in [4.69, 9.17) is 12.2 Å². The number of nitrogens with one attached hydrogen (secondary N) is 1. The largest absolute Gasteiger partial charge is 0.326 e. The maximum atomic E-state index is 12.7. The zero-order valence-corrected chi connectivity index (χ0v) is 18.9. The molecule has 0 spiro atoms. The second kappa shape index (κ2) is 10.5. The third-order valence-electron chi connectivity index (χ3n) is 5.02. The fraction of sp³-hybridized carbons (Fsp3) is 0.292. The Morgan fingerprint density at radius 2 is 1.83 bits per heavy atom. The standard InChI is InChI=1S/C24H26N2O2S2/c1-3-17-11-13-18(14-12-17)16-21-23(28)26(24(29)30-21)15-7-10-22(27)25-20-9-6-5-8-19(20)4-2/h5-6,8-9,11-14,16H,3-4,7,10,15H2,1-2H3,(H,25,27)/b21-16+. The van der Waals surface area contributed by atoms with Crippen LogP contribution in [0.4, 0.5) is 5.69 Å². The minimum Gasteiger partial charge on any atom is -0.326 e. The van der Waals surface area contributed by atoms with Gasteiger partial charge in [0.15, 0.2) is 0 Å². The van der Waals surface area contributed by atoms with Crippen molar-refractivity contribution in [2.75, 3.05) is 11.9 Å². The average molecular weight is 439 g/mol. The van der Waals surface area contributed by atoms with Crippen LogP contribution in [0.2, 0.25) is 0 Å². The molecule has 0 saturated carbocycles. The van der Waals surface area contributed by atoms with Gasteiger partial charge in [0.05, 0.1) is 4.91 Å². The van der Waals surface area contributed by atoms with E-state index in [0.717, 1.165) is 29.7 Å². The minimum absolute atomic E-state index is 0.0482. The van der Waals surface area contributed by atoms with Crippen molar-refractivity contribution < 1.29 is 9.59 Å². The van der Waals surface area contributed by atoms with Gasteiger partial charge in [-0.2, -0.15) is 0 Å². The SMILES string of the molecule is CCc1ccc(/C=C2/SC(=S)N(CCCC(=O)Nc3ccccc3CC)C2=O)cc1. The van der Waals surface area contributed by atoms with Crippen molar-refractivity contribution in [3.05, 3.63) is 70.1 Å². The van der Waals surface area contributed by atoms with Crippen LogP contribution in [0.1, 0.15) is 43.4 Å². The highest BCUT2D eigenvalue weighted by molar-refractivity contribution is 8.26. The van der Waals surface area contributed by atoms with Crippen LogP contribution in [-0.4, -0.2) is 27.6 Å². The Labute approximate surface area is 187 Å². The highest BCUT2D eigenvalue weighted by Gasteiger charge is 2.31. The fourth-order valence-electron chi connectivity index (χ4n) is 3.25. The number of anilines is 1. The van der Waals surface area contributed by atoms with E-state index in [0.29, 0.717) is 28.6 Å². The molecule has 0 unspecified atom stereocenters. The van der Waals surface area contributed by atoms with Crippen LogP contribution in [0.5, 0.6) is 0 Å². The minimum atomic E-state index is -0.0821. The number of carbonyl (C=O) groups excluding carboxylic acids is 2. The van der Waals surface area contributed by atoms with Gasteiger partial charge in [0.2, 0.25) is 5.91 Å². The van der Waals surface area contributed by atoms with Crippen LogP contribution in [0.3, 0.4) is 0 Å². The molecule has 1 heterocycles. The summed E-state index contributed by atoms with van der Waals surface area (Å²) in [5, 5.41) is 2.97. The quantitative estimate of drug-likeness (QED) is 0.441. The van der Waals surface area contributed by atoms with E-state index in [9.17, 15) is 9.59 Å². The van der Waals surface area contributed by atoms with Crippen LogP contribution < -0.4 is 5.32 Å². The van der Waals surface area contributed by atoms with Crippen LogP contribution in [0.15, 0.2) is 53.4 Å².